The number of guanidine groups is 1. The van der Waals surface area contributed by atoms with Gasteiger partial charge in [-0.05, 0) is 82.2 Å². The topological polar surface area (TPSA) is 78.2 Å². The number of amides is 1. The lowest BCUT2D eigenvalue weighted by Crippen LogP contribution is -2.32. The van der Waals surface area contributed by atoms with E-state index in [1.807, 2.05) is 36.4 Å². The summed E-state index contributed by atoms with van der Waals surface area (Å²) in [6.45, 7) is 0. The van der Waals surface area contributed by atoms with E-state index < -0.39 is 5.91 Å². The molecule has 0 spiro atoms. The van der Waals surface area contributed by atoms with E-state index in [1.165, 1.54) is 0 Å². The maximum atomic E-state index is 12.5. The van der Waals surface area contributed by atoms with Crippen molar-refractivity contribution < 1.29 is 4.79 Å². The molecule has 0 radical (unpaired) electrons. The van der Waals surface area contributed by atoms with Crippen molar-refractivity contribution in [2.24, 2.45) is 15.2 Å². The van der Waals surface area contributed by atoms with Gasteiger partial charge in [-0.15, -0.1) is 0 Å². The predicted octanol–water partition coefficient (Wildman–Crippen LogP) is 5.34. The minimum absolute atomic E-state index is 0.0685. The van der Waals surface area contributed by atoms with E-state index in [-0.39, 0.29) is 5.96 Å². The summed E-state index contributed by atoms with van der Waals surface area (Å²) in [7, 11) is 0. The van der Waals surface area contributed by atoms with Crippen LogP contribution in [-0.4, -0.2) is 24.3 Å². The number of hydrogen-bond donors (Lipinski definition) is 2. The molecule has 3 aromatic rings. The van der Waals surface area contributed by atoms with Crippen molar-refractivity contribution in [2.45, 2.75) is 0 Å². The Balaban J connectivity index is 1.74. The summed E-state index contributed by atoms with van der Waals surface area (Å²) in [6, 6.07) is 21.4. The Bertz CT molecular complexity index is 1050. The number of hydrogen-bond acceptors (Lipinski definition) is 3. The highest BCUT2D eigenvalue weighted by molar-refractivity contribution is 14.1. The van der Waals surface area contributed by atoms with Crippen LogP contribution < -0.4 is 10.9 Å². The van der Waals surface area contributed by atoms with Crippen molar-refractivity contribution in [3.05, 3.63) is 103 Å². The predicted molar refractivity (Wildman–Crippen MR) is 135 cm³/mol. The van der Waals surface area contributed by atoms with Gasteiger partial charge in [0.05, 0.1) is 12.4 Å². The van der Waals surface area contributed by atoms with E-state index in [2.05, 4.69) is 48.6 Å². The fourth-order valence-corrected chi connectivity index (χ4v) is 2.88. The molecule has 0 aliphatic rings. The largest absolute Gasteiger partial charge is 0.280 e. The highest BCUT2D eigenvalue weighted by atomic mass is 127. The molecular formula is C22H16Cl2IN5O. The average molecular weight is 564 g/mol. The Kier molecular flexibility index (Phi) is 8.57. The van der Waals surface area contributed by atoms with Gasteiger partial charge in [-0.1, -0.05) is 47.5 Å². The SMILES string of the molecule is O=C(N=C(NN=Cc1ccc(Cl)cc1)NN=Cc1ccc(Cl)cc1)c1ccc(I)cc1. The Morgan fingerprint density at radius 2 is 1.19 bits per heavy atom. The van der Waals surface area contributed by atoms with Crippen LogP contribution in [0.4, 0.5) is 0 Å². The summed E-state index contributed by atoms with van der Waals surface area (Å²) in [5, 5.41) is 9.49. The third-order valence-corrected chi connectivity index (χ3v) is 5.04. The first kappa shape index (κ1) is 22.9. The minimum Gasteiger partial charge on any atom is -0.267 e. The van der Waals surface area contributed by atoms with E-state index in [9.17, 15) is 4.79 Å². The van der Waals surface area contributed by atoms with Crippen molar-refractivity contribution in [2.75, 3.05) is 0 Å². The smallest absolute Gasteiger partial charge is 0.267 e. The van der Waals surface area contributed by atoms with Gasteiger partial charge in [-0.2, -0.15) is 15.2 Å². The van der Waals surface area contributed by atoms with Gasteiger partial charge >= 0.3 is 0 Å². The van der Waals surface area contributed by atoms with Crippen molar-refractivity contribution in [3.8, 4) is 0 Å². The molecule has 0 aliphatic heterocycles. The number of aliphatic imine (C=N–C) groups is 1. The van der Waals surface area contributed by atoms with Crippen molar-refractivity contribution >= 4 is 70.1 Å². The van der Waals surface area contributed by atoms with E-state index in [0.717, 1.165) is 14.7 Å². The lowest BCUT2D eigenvalue weighted by molar-refractivity contribution is 0.100. The van der Waals surface area contributed by atoms with Crippen LogP contribution in [0.3, 0.4) is 0 Å². The Hall–Kier alpha value is -2.75. The Morgan fingerprint density at radius 1 is 0.742 bits per heavy atom. The highest BCUT2D eigenvalue weighted by Gasteiger charge is 2.06. The van der Waals surface area contributed by atoms with E-state index >= 15 is 0 Å². The zero-order valence-electron chi connectivity index (χ0n) is 16.0. The molecule has 9 heteroatoms. The molecule has 1 amide bonds. The molecule has 0 unspecified atom stereocenters. The molecule has 0 atom stereocenters. The van der Waals surface area contributed by atoms with E-state index in [1.54, 1.807) is 48.8 Å². The summed E-state index contributed by atoms with van der Waals surface area (Å²) in [6.07, 6.45) is 3.15. The summed E-state index contributed by atoms with van der Waals surface area (Å²) >= 11 is 13.9. The molecule has 31 heavy (non-hydrogen) atoms. The van der Waals surface area contributed by atoms with Crippen LogP contribution in [0.5, 0.6) is 0 Å². The molecular weight excluding hydrogens is 548 g/mol. The van der Waals surface area contributed by atoms with Gasteiger partial charge in [0.25, 0.3) is 5.91 Å². The van der Waals surface area contributed by atoms with Crippen molar-refractivity contribution in [3.63, 3.8) is 0 Å². The molecule has 3 rings (SSSR count). The van der Waals surface area contributed by atoms with Gasteiger partial charge in [-0.3, -0.25) is 4.79 Å². The fourth-order valence-electron chi connectivity index (χ4n) is 2.27. The maximum absolute atomic E-state index is 12.5. The van der Waals surface area contributed by atoms with Gasteiger partial charge in [0.2, 0.25) is 5.96 Å². The third kappa shape index (κ3) is 7.78. The normalized spacial score (nSPS) is 10.9. The molecule has 0 aliphatic carbocycles. The van der Waals surface area contributed by atoms with Gasteiger partial charge in [0, 0.05) is 19.2 Å². The monoisotopic (exact) mass is 563 g/mol. The van der Waals surface area contributed by atoms with Crippen LogP contribution in [0.1, 0.15) is 21.5 Å². The Labute approximate surface area is 203 Å². The van der Waals surface area contributed by atoms with E-state index in [4.69, 9.17) is 23.2 Å². The lowest BCUT2D eigenvalue weighted by Gasteiger charge is -2.05. The van der Waals surface area contributed by atoms with Crippen LogP contribution in [0.15, 0.2) is 88.0 Å². The van der Waals surface area contributed by atoms with Crippen LogP contribution in [-0.2, 0) is 0 Å². The second-order valence-corrected chi connectivity index (χ2v) is 8.23. The molecule has 0 heterocycles. The van der Waals surface area contributed by atoms with Crippen LogP contribution >= 0.6 is 45.8 Å². The molecule has 2 N–H and O–H groups in total. The van der Waals surface area contributed by atoms with Gasteiger partial charge in [0.1, 0.15) is 0 Å². The quantitative estimate of drug-likeness (QED) is 0.190. The first-order valence-electron chi connectivity index (χ1n) is 8.97. The number of hydrazone groups is 2. The number of nitrogens with zero attached hydrogens (tertiary/aromatic N) is 3. The molecule has 0 aromatic heterocycles. The summed E-state index contributed by atoms with van der Waals surface area (Å²) in [4.78, 5) is 16.6. The minimum atomic E-state index is -0.435. The lowest BCUT2D eigenvalue weighted by atomic mass is 10.2. The number of halogens is 3. The molecule has 0 fully saturated rings. The molecule has 6 nitrogen and oxygen atoms in total. The summed E-state index contributed by atoms with van der Waals surface area (Å²) in [5.74, 6) is -0.367. The zero-order chi connectivity index (χ0) is 22.1. The van der Waals surface area contributed by atoms with Crippen molar-refractivity contribution in [1.82, 2.24) is 10.9 Å². The molecule has 156 valence electrons. The zero-order valence-corrected chi connectivity index (χ0v) is 19.6. The number of carbonyl (C=O) groups is 1. The van der Waals surface area contributed by atoms with Crippen LogP contribution in [0, 0.1) is 3.57 Å². The average Bonchev–Trinajstić information content (AvgIpc) is 2.77. The van der Waals surface area contributed by atoms with Gasteiger partial charge in [0.15, 0.2) is 0 Å². The number of rotatable bonds is 5. The first-order valence-corrected chi connectivity index (χ1v) is 10.8. The molecule has 0 saturated carbocycles. The maximum Gasteiger partial charge on any atom is 0.280 e. The third-order valence-electron chi connectivity index (χ3n) is 3.81. The summed E-state index contributed by atoms with van der Waals surface area (Å²) in [5.41, 5.74) is 7.51. The Morgan fingerprint density at radius 3 is 1.65 bits per heavy atom. The molecule has 0 saturated heterocycles. The second-order valence-electron chi connectivity index (χ2n) is 6.12. The number of carbonyl (C=O) groups excluding carboxylic acids is 1. The number of nitrogens with one attached hydrogen (secondary N) is 2. The molecule has 3 aromatic carbocycles. The van der Waals surface area contributed by atoms with Crippen molar-refractivity contribution in [1.29, 1.82) is 0 Å². The standard InChI is InChI=1S/C22H16Cl2IN5O/c23-18-7-1-15(2-8-18)13-26-29-22(28-21(31)17-5-11-20(25)12-6-17)30-27-14-16-3-9-19(24)10-4-16/h1-14H,(H2,28,29,30,31). The number of benzene rings is 3. The highest BCUT2D eigenvalue weighted by Crippen LogP contribution is 2.09. The molecule has 0 bridgehead atoms. The second kappa shape index (κ2) is 11.6. The van der Waals surface area contributed by atoms with E-state index in [0.29, 0.717) is 15.6 Å². The van der Waals surface area contributed by atoms with Gasteiger partial charge in [-0.25, -0.2) is 10.9 Å². The van der Waals surface area contributed by atoms with Crippen LogP contribution in [0.25, 0.3) is 0 Å². The van der Waals surface area contributed by atoms with Gasteiger partial charge < -0.3 is 0 Å². The first-order chi connectivity index (χ1) is 15.0. The summed E-state index contributed by atoms with van der Waals surface area (Å²) < 4.78 is 1.02. The van der Waals surface area contributed by atoms with Crippen LogP contribution in [0.2, 0.25) is 10.0 Å². The fraction of sp³-hybridized carbons (Fsp3) is 0.